The van der Waals surface area contributed by atoms with E-state index < -0.39 is 0 Å². The molecule has 0 saturated carbocycles. The number of nitrogens with one attached hydrogen (secondary N) is 1. The van der Waals surface area contributed by atoms with Crippen LogP contribution in [0.5, 0.6) is 0 Å². The molecular weight excluding hydrogens is 242 g/mol. The summed E-state index contributed by atoms with van der Waals surface area (Å²) in [6.45, 7) is 12.3. The molecule has 5 nitrogen and oxygen atoms in total. The highest BCUT2D eigenvalue weighted by Crippen LogP contribution is 2.19. The number of hydrogen-bond donors (Lipinski definition) is 2. The van der Waals surface area contributed by atoms with Crippen molar-refractivity contribution in [2.45, 2.75) is 46.3 Å². The number of carbonyl (C=O) groups is 1. The number of urea groups is 1. The largest absolute Gasteiger partial charge is 0.393 e. The van der Waals surface area contributed by atoms with Crippen LogP contribution >= 0.6 is 0 Å². The predicted molar refractivity (Wildman–Crippen MR) is 77.1 cm³/mol. The molecule has 1 heterocycles. The van der Waals surface area contributed by atoms with E-state index in [1.807, 2.05) is 4.90 Å². The SMILES string of the molecule is CCN(CCNC(=O)N1CCC(C(C)O)C1)C(C)C. The summed E-state index contributed by atoms with van der Waals surface area (Å²) in [5.41, 5.74) is 0. The predicted octanol–water partition coefficient (Wildman–Crippen LogP) is 1.13. The number of likely N-dealkylation sites (N-methyl/N-ethyl adjacent to an activating group) is 1. The van der Waals surface area contributed by atoms with Crippen molar-refractivity contribution in [1.29, 1.82) is 0 Å². The van der Waals surface area contributed by atoms with Crippen LogP contribution in [-0.2, 0) is 0 Å². The van der Waals surface area contributed by atoms with Gasteiger partial charge in [-0.05, 0) is 33.7 Å². The van der Waals surface area contributed by atoms with E-state index in [-0.39, 0.29) is 18.1 Å². The highest BCUT2D eigenvalue weighted by Gasteiger charge is 2.28. The Hall–Kier alpha value is -0.810. The van der Waals surface area contributed by atoms with E-state index in [9.17, 15) is 9.90 Å². The van der Waals surface area contributed by atoms with E-state index in [1.165, 1.54) is 0 Å². The van der Waals surface area contributed by atoms with Crippen LogP contribution < -0.4 is 5.32 Å². The van der Waals surface area contributed by atoms with Crippen molar-refractivity contribution in [3.8, 4) is 0 Å². The van der Waals surface area contributed by atoms with Gasteiger partial charge in [0.1, 0.15) is 0 Å². The fourth-order valence-electron chi connectivity index (χ4n) is 2.57. The lowest BCUT2D eigenvalue weighted by Crippen LogP contribution is -2.43. The first-order valence-electron chi connectivity index (χ1n) is 7.40. The van der Waals surface area contributed by atoms with Gasteiger partial charge in [-0.2, -0.15) is 0 Å². The summed E-state index contributed by atoms with van der Waals surface area (Å²) >= 11 is 0. The molecule has 0 aromatic carbocycles. The molecule has 2 unspecified atom stereocenters. The van der Waals surface area contributed by atoms with Crippen LogP contribution in [0.2, 0.25) is 0 Å². The van der Waals surface area contributed by atoms with Gasteiger partial charge in [0.05, 0.1) is 6.10 Å². The minimum absolute atomic E-state index is 0.00274. The maximum absolute atomic E-state index is 12.0. The molecule has 0 radical (unpaired) electrons. The average Bonchev–Trinajstić information content (AvgIpc) is 2.83. The first kappa shape index (κ1) is 16.2. The molecule has 2 N–H and O–H groups in total. The van der Waals surface area contributed by atoms with Crippen LogP contribution in [-0.4, -0.2) is 65.8 Å². The summed E-state index contributed by atoms with van der Waals surface area (Å²) in [5, 5.41) is 12.5. The second-order valence-electron chi connectivity index (χ2n) is 5.69. The van der Waals surface area contributed by atoms with Gasteiger partial charge in [0, 0.05) is 38.1 Å². The second-order valence-corrected chi connectivity index (χ2v) is 5.69. The highest BCUT2D eigenvalue weighted by atomic mass is 16.3. The van der Waals surface area contributed by atoms with Gasteiger partial charge >= 0.3 is 6.03 Å². The minimum Gasteiger partial charge on any atom is -0.393 e. The van der Waals surface area contributed by atoms with Crippen LogP contribution in [0.1, 0.15) is 34.1 Å². The Bertz CT molecular complexity index is 282. The lowest BCUT2D eigenvalue weighted by atomic mass is 10.0. The molecule has 2 atom stereocenters. The first-order chi connectivity index (χ1) is 8.95. The third kappa shape index (κ3) is 4.99. The Balaban J connectivity index is 2.25. The Morgan fingerprint density at radius 1 is 1.47 bits per heavy atom. The summed E-state index contributed by atoms with van der Waals surface area (Å²) < 4.78 is 0. The molecule has 1 aliphatic rings. The zero-order valence-corrected chi connectivity index (χ0v) is 12.7. The molecule has 0 bridgehead atoms. The minimum atomic E-state index is -0.325. The maximum Gasteiger partial charge on any atom is 0.317 e. The molecular formula is C14H29N3O2. The van der Waals surface area contributed by atoms with Crippen molar-refractivity contribution in [2.75, 3.05) is 32.7 Å². The average molecular weight is 271 g/mol. The van der Waals surface area contributed by atoms with E-state index >= 15 is 0 Å². The summed E-state index contributed by atoms with van der Waals surface area (Å²) in [7, 11) is 0. The Morgan fingerprint density at radius 2 is 2.16 bits per heavy atom. The lowest BCUT2D eigenvalue weighted by molar-refractivity contribution is 0.129. The summed E-state index contributed by atoms with van der Waals surface area (Å²) in [5.74, 6) is 0.230. The molecule has 112 valence electrons. The third-order valence-corrected chi connectivity index (χ3v) is 4.01. The number of aliphatic hydroxyl groups excluding tert-OH is 1. The van der Waals surface area contributed by atoms with E-state index in [4.69, 9.17) is 0 Å². The topological polar surface area (TPSA) is 55.8 Å². The molecule has 2 amide bonds. The molecule has 19 heavy (non-hydrogen) atoms. The lowest BCUT2D eigenvalue weighted by Gasteiger charge is -2.25. The van der Waals surface area contributed by atoms with E-state index in [0.29, 0.717) is 19.1 Å². The van der Waals surface area contributed by atoms with E-state index in [2.05, 4.69) is 31.0 Å². The molecule has 1 aliphatic heterocycles. The summed E-state index contributed by atoms with van der Waals surface area (Å²) in [6.07, 6.45) is 0.576. The van der Waals surface area contributed by atoms with Crippen LogP contribution in [0, 0.1) is 5.92 Å². The van der Waals surface area contributed by atoms with Crippen molar-refractivity contribution in [2.24, 2.45) is 5.92 Å². The second kappa shape index (κ2) is 7.70. The number of aliphatic hydroxyl groups is 1. The van der Waals surface area contributed by atoms with E-state index in [0.717, 1.165) is 26.1 Å². The van der Waals surface area contributed by atoms with Crippen LogP contribution in [0.4, 0.5) is 4.79 Å². The Labute approximate surface area is 117 Å². The quantitative estimate of drug-likeness (QED) is 0.761. The zero-order chi connectivity index (χ0) is 14.4. The van der Waals surface area contributed by atoms with Gasteiger partial charge in [-0.3, -0.25) is 4.90 Å². The van der Waals surface area contributed by atoms with Gasteiger partial charge in [-0.15, -0.1) is 0 Å². The van der Waals surface area contributed by atoms with Crippen LogP contribution in [0.15, 0.2) is 0 Å². The normalized spacial score (nSPS) is 21.2. The van der Waals surface area contributed by atoms with Crippen molar-refractivity contribution >= 4 is 6.03 Å². The number of nitrogens with zero attached hydrogens (tertiary/aromatic N) is 2. The number of amides is 2. The highest BCUT2D eigenvalue weighted by molar-refractivity contribution is 5.74. The monoisotopic (exact) mass is 271 g/mol. The molecule has 5 heteroatoms. The summed E-state index contributed by atoms with van der Waals surface area (Å²) in [6, 6.07) is 0.510. The smallest absolute Gasteiger partial charge is 0.317 e. The number of carbonyl (C=O) groups excluding carboxylic acids is 1. The molecule has 1 saturated heterocycles. The van der Waals surface area contributed by atoms with Gasteiger partial charge in [0.15, 0.2) is 0 Å². The van der Waals surface area contributed by atoms with Crippen molar-refractivity contribution < 1.29 is 9.90 Å². The number of likely N-dealkylation sites (tertiary alicyclic amines) is 1. The number of hydrogen-bond acceptors (Lipinski definition) is 3. The van der Waals surface area contributed by atoms with Crippen LogP contribution in [0.3, 0.4) is 0 Å². The standard InChI is InChI=1S/C14H29N3O2/c1-5-16(11(2)3)9-7-15-14(19)17-8-6-13(10-17)12(4)18/h11-13,18H,5-10H2,1-4H3,(H,15,19). The molecule has 0 aliphatic carbocycles. The maximum atomic E-state index is 12.0. The number of rotatable bonds is 6. The zero-order valence-electron chi connectivity index (χ0n) is 12.7. The summed E-state index contributed by atoms with van der Waals surface area (Å²) in [4.78, 5) is 16.1. The van der Waals surface area contributed by atoms with Gasteiger partial charge < -0.3 is 15.3 Å². The fourth-order valence-corrected chi connectivity index (χ4v) is 2.57. The van der Waals surface area contributed by atoms with Crippen molar-refractivity contribution in [3.05, 3.63) is 0 Å². The first-order valence-corrected chi connectivity index (χ1v) is 7.40. The molecule has 0 spiro atoms. The van der Waals surface area contributed by atoms with Gasteiger partial charge in [0.25, 0.3) is 0 Å². The van der Waals surface area contributed by atoms with Crippen LogP contribution in [0.25, 0.3) is 0 Å². The third-order valence-electron chi connectivity index (χ3n) is 4.01. The van der Waals surface area contributed by atoms with Gasteiger partial charge in [-0.25, -0.2) is 4.79 Å². The molecule has 0 aromatic rings. The van der Waals surface area contributed by atoms with E-state index in [1.54, 1.807) is 6.92 Å². The van der Waals surface area contributed by atoms with Crippen molar-refractivity contribution in [1.82, 2.24) is 15.1 Å². The molecule has 0 aromatic heterocycles. The molecule has 1 rings (SSSR count). The molecule has 1 fully saturated rings. The Morgan fingerprint density at radius 3 is 2.63 bits per heavy atom. The van der Waals surface area contributed by atoms with Crippen molar-refractivity contribution in [3.63, 3.8) is 0 Å². The fraction of sp³-hybridized carbons (Fsp3) is 0.929. The Kier molecular flexibility index (Phi) is 6.58. The van der Waals surface area contributed by atoms with Gasteiger partial charge in [-0.1, -0.05) is 6.92 Å². The van der Waals surface area contributed by atoms with Gasteiger partial charge in [0.2, 0.25) is 0 Å².